The first kappa shape index (κ1) is 17.8. The van der Waals surface area contributed by atoms with Gasteiger partial charge in [0.1, 0.15) is 0 Å². The molecule has 1 aliphatic carbocycles. The lowest BCUT2D eigenvalue weighted by atomic mass is 9.86. The summed E-state index contributed by atoms with van der Waals surface area (Å²) in [5.41, 5.74) is 1.56. The van der Waals surface area contributed by atoms with Crippen molar-refractivity contribution in [2.24, 2.45) is 5.92 Å². The van der Waals surface area contributed by atoms with Crippen molar-refractivity contribution >= 4 is 23.7 Å². The maximum Gasteiger partial charge on any atom is 0.339 e. The molecular weight excluding hydrogens is 312 g/mol. The Hall–Kier alpha value is -2.57. The molecule has 0 radical (unpaired) electrons. The van der Waals surface area contributed by atoms with Crippen molar-refractivity contribution in [3.8, 4) is 0 Å². The van der Waals surface area contributed by atoms with Crippen molar-refractivity contribution in [3.05, 3.63) is 29.3 Å². The number of aryl methyl sites for hydroxylation is 1. The van der Waals surface area contributed by atoms with Gasteiger partial charge in [-0.3, -0.25) is 4.79 Å². The molecule has 0 spiro atoms. The van der Waals surface area contributed by atoms with E-state index in [1.54, 1.807) is 18.2 Å². The molecule has 1 saturated carbocycles. The van der Waals surface area contributed by atoms with Crippen LogP contribution in [0.1, 0.15) is 41.6 Å². The summed E-state index contributed by atoms with van der Waals surface area (Å²) in [6.07, 6.45) is 2.36. The van der Waals surface area contributed by atoms with Crippen molar-refractivity contribution in [1.29, 1.82) is 0 Å². The second-order valence-electron chi connectivity index (χ2n) is 6.03. The summed E-state index contributed by atoms with van der Waals surface area (Å²) in [6.45, 7) is 1.84. The summed E-state index contributed by atoms with van der Waals surface area (Å²) in [5, 5.41) is 14.5. The lowest BCUT2D eigenvalue weighted by molar-refractivity contribution is -0.142. The lowest BCUT2D eigenvalue weighted by Crippen LogP contribution is -2.41. The Morgan fingerprint density at radius 2 is 1.83 bits per heavy atom. The van der Waals surface area contributed by atoms with E-state index in [1.807, 2.05) is 6.92 Å². The molecule has 7 heteroatoms. The van der Waals surface area contributed by atoms with Gasteiger partial charge in [-0.15, -0.1) is 0 Å². The third-order valence-corrected chi connectivity index (χ3v) is 4.24. The topological polar surface area (TPSA) is 105 Å². The molecule has 0 aromatic heterocycles. The van der Waals surface area contributed by atoms with Gasteiger partial charge in [-0.25, -0.2) is 9.59 Å². The van der Waals surface area contributed by atoms with Crippen LogP contribution in [0, 0.1) is 12.8 Å². The first-order valence-electron chi connectivity index (χ1n) is 7.90. The molecule has 1 fully saturated rings. The van der Waals surface area contributed by atoms with Crippen LogP contribution in [0.3, 0.4) is 0 Å². The second kappa shape index (κ2) is 7.81. The number of rotatable bonds is 4. The van der Waals surface area contributed by atoms with Gasteiger partial charge in [0.2, 0.25) is 0 Å². The third-order valence-electron chi connectivity index (χ3n) is 4.24. The predicted molar refractivity (Wildman–Crippen MR) is 88.1 cm³/mol. The Morgan fingerprint density at radius 3 is 2.42 bits per heavy atom. The first-order valence-corrected chi connectivity index (χ1v) is 7.90. The smallest absolute Gasteiger partial charge is 0.339 e. The molecule has 1 aromatic carbocycles. The number of nitrogens with one attached hydrogen (secondary N) is 2. The summed E-state index contributed by atoms with van der Waals surface area (Å²) in [7, 11) is 1.29. The predicted octanol–water partition coefficient (Wildman–Crippen LogP) is 2.55. The first-order chi connectivity index (χ1) is 11.4. The van der Waals surface area contributed by atoms with E-state index in [9.17, 15) is 14.4 Å². The van der Waals surface area contributed by atoms with Crippen LogP contribution in [-0.4, -0.2) is 36.2 Å². The molecule has 0 heterocycles. The number of benzene rings is 1. The third kappa shape index (κ3) is 4.47. The number of hydrogen-bond donors (Lipinski definition) is 3. The Balaban J connectivity index is 1.96. The molecule has 0 saturated heterocycles. The van der Waals surface area contributed by atoms with Crippen LogP contribution in [0.25, 0.3) is 0 Å². The van der Waals surface area contributed by atoms with E-state index >= 15 is 0 Å². The van der Waals surface area contributed by atoms with Crippen LogP contribution in [0.5, 0.6) is 0 Å². The molecule has 2 rings (SSSR count). The Morgan fingerprint density at radius 1 is 1.17 bits per heavy atom. The number of hydrogen-bond acceptors (Lipinski definition) is 4. The van der Waals surface area contributed by atoms with E-state index in [4.69, 9.17) is 9.84 Å². The van der Waals surface area contributed by atoms with Gasteiger partial charge in [-0.2, -0.15) is 0 Å². The minimum atomic E-state index is -0.778. The summed E-state index contributed by atoms with van der Waals surface area (Å²) in [4.78, 5) is 34.9. The van der Waals surface area contributed by atoms with Crippen molar-refractivity contribution in [2.75, 3.05) is 12.4 Å². The number of carbonyl (C=O) groups excluding carboxylic acids is 2. The van der Waals surface area contributed by atoms with E-state index in [0.29, 0.717) is 36.9 Å². The van der Waals surface area contributed by atoms with Gasteiger partial charge in [0, 0.05) is 6.04 Å². The number of amides is 2. The molecule has 24 heavy (non-hydrogen) atoms. The highest BCUT2D eigenvalue weighted by atomic mass is 16.5. The Bertz CT molecular complexity index is 636. The van der Waals surface area contributed by atoms with Crippen molar-refractivity contribution in [1.82, 2.24) is 5.32 Å². The van der Waals surface area contributed by atoms with Gasteiger partial charge < -0.3 is 20.5 Å². The number of carboxylic acids is 1. The fraction of sp³-hybridized carbons (Fsp3) is 0.471. The fourth-order valence-corrected chi connectivity index (χ4v) is 2.87. The number of carboxylic acid groups (broad SMARTS) is 1. The summed E-state index contributed by atoms with van der Waals surface area (Å²) >= 11 is 0. The maximum atomic E-state index is 12.2. The zero-order valence-corrected chi connectivity index (χ0v) is 13.8. The summed E-state index contributed by atoms with van der Waals surface area (Å²) in [6, 6.07) is 4.62. The summed E-state index contributed by atoms with van der Waals surface area (Å²) in [5.74, 6) is -1.62. The number of urea groups is 1. The Labute approximate surface area is 140 Å². The second-order valence-corrected chi connectivity index (χ2v) is 6.03. The lowest BCUT2D eigenvalue weighted by Gasteiger charge is -2.27. The quantitative estimate of drug-likeness (QED) is 0.734. The molecule has 0 bridgehead atoms. The number of aliphatic carboxylic acids is 1. The van der Waals surface area contributed by atoms with Gasteiger partial charge in [0.15, 0.2) is 0 Å². The average molecular weight is 334 g/mol. The molecule has 0 atom stereocenters. The van der Waals surface area contributed by atoms with Gasteiger partial charge >= 0.3 is 18.0 Å². The van der Waals surface area contributed by atoms with E-state index in [0.717, 1.165) is 5.56 Å². The number of ether oxygens (including phenoxy) is 1. The molecule has 7 nitrogen and oxygen atoms in total. The van der Waals surface area contributed by atoms with Gasteiger partial charge in [0.05, 0.1) is 24.3 Å². The zero-order valence-electron chi connectivity index (χ0n) is 13.8. The van der Waals surface area contributed by atoms with Crippen LogP contribution >= 0.6 is 0 Å². The fourth-order valence-electron chi connectivity index (χ4n) is 2.87. The molecule has 2 amide bonds. The SMILES string of the molecule is COC(=O)c1cc(C)ccc1NC(=O)NC1CCC(C(=O)O)CC1. The van der Waals surface area contributed by atoms with Crippen LogP contribution in [0.15, 0.2) is 18.2 Å². The minimum Gasteiger partial charge on any atom is -0.481 e. The van der Waals surface area contributed by atoms with Crippen LogP contribution in [0.2, 0.25) is 0 Å². The van der Waals surface area contributed by atoms with Crippen LogP contribution in [0.4, 0.5) is 10.5 Å². The highest BCUT2D eigenvalue weighted by Gasteiger charge is 2.27. The average Bonchev–Trinajstić information content (AvgIpc) is 2.56. The highest BCUT2D eigenvalue weighted by molar-refractivity contribution is 6.01. The Kier molecular flexibility index (Phi) is 5.78. The van der Waals surface area contributed by atoms with Crippen LogP contribution in [-0.2, 0) is 9.53 Å². The molecule has 1 aromatic rings. The van der Waals surface area contributed by atoms with E-state index < -0.39 is 18.0 Å². The standard InChI is InChI=1S/C17H22N2O5/c1-10-3-8-14(13(9-10)16(22)24-2)19-17(23)18-12-6-4-11(5-7-12)15(20)21/h3,8-9,11-12H,4-7H2,1-2H3,(H,20,21)(H2,18,19,23). The van der Waals surface area contributed by atoms with Gasteiger partial charge in [-0.05, 0) is 44.7 Å². The van der Waals surface area contributed by atoms with Crippen molar-refractivity contribution < 1.29 is 24.2 Å². The maximum absolute atomic E-state index is 12.2. The normalized spacial score (nSPS) is 20.1. The molecule has 0 unspecified atom stereocenters. The number of methoxy groups -OCH3 is 1. The number of anilines is 1. The van der Waals surface area contributed by atoms with E-state index in [-0.39, 0.29) is 12.0 Å². The number of esters is 1. The highest BCUT2D eigenvalue weighted by Crippen LogP contribution is 2.24. The van der Waals surface area contributed by atoms with E-state index in [2.05, 4.69) is 10.6 Å². The van der Waals surface area contributed by atoms with Crippen molar-refractivity contribution in [3.63, 3.8) is 0 Å². The molecular formula is C17H22N2O5. The van der Waals surface area contributed by atoms with Gasteiger partial charge in [0.25, 0.3) is 0 Å². The van der Waals surface area contributed by atoms with Crippen LogP contribution < -0.4 is 10.6 Å². The van der Waals surface area contributed by atoms with E-state index in [1.165, 1.54) is 7.11 Å². The largest absolute Gasteiger partial charge is 0.481 e. The zero-order chi connectivity index (χ0) is 17.7. The van der Waals surface area contributed by atoms with Gasteiger partial charge in [-0.1, -0.05) is 11.6 Å². The summed E-state index contributed by atoms with van der Waals surface area (Å²) < 4.78 is 4.73. The minimum absolute atomic E-state index is 0.0624. The van der Waals surface area contributed by atoms with Crippen molar-refractivity contribution in [2.45, 2.75) is 38.6 Å². The number of carbonyl (C=O) groups is 3. The monoisotopic (exact) mass is 334 g/mol. The molecule has 1 aliphatic rings. The molecule has 130 valence electrons. The molecule has 0 aliphatic heterocycles. The molecule has 3 N–H and O–H groups in total.